The monoisotopic (exact) mass is 221 g/mol. The molecule has 6 nitrogen and oxygen atoms in total. The SMILES string of the molecule is CN1CCN(c2ncccn2)C[C@@H]1C(N)=O. The average Bonchev–Trinajstić information content (AvgIpc) is 2.30. The van der Waals surface area contributed by atoms with Crippen LogP contribution in [0.5, 0.6) is 0 Å². The molecule has 0 aromatic carbocycles. The topological polar surface area (TPSA) is 75.3 Å². The van der Waals surface area contributed by atoms with Crippen molar-refractivity contribution < 1.29 is 4.79 Å². The van der Waals surface area contributed by atoms with Crippen LogP contribution in [-0.4, -0.2) is 53.5 Å². The summed E-state index contributed by atoms with van der Waals surface area (Å²) < 4.78 is 0. The molecule has 0 saturated carbocycles. The Hall–Kier alpha value is -1.69. The maximum Gasteiger partial charge on any atom is 0.236 e. The van der Waals surface area contributed by atoms with Gasteiger partial charge in [0.15, 0.2) is 0 Å². The highest BCUT2D eigenvalue weighted by atomic mass is 16.1. The van der Waals surface area contributed by atoms with E-state index in [0.29, 0.717) is 12.5 Å². The van der Waals surface area contributed by atoms with Crippen LogP contribution >= 0.6 is 0 Å². The Morgan fingerprint density at radius 1 is 1.44 bits per heavy atom. The van der Waals surface area contributed by atoms with E-state index in [4.69, 9.17) is 5.73 Å². The Morgan fingerprint density at radius 2 is 2.12 bits per heavy atom. The van der Waals surface area contributed by atoms with E-state index in [1.165, 1.54) is 0 Å². The number of carbonyl (C=O) groups excluding carboxylic acids is 1. The third-order valence-corrected chi connectivity index (χ3v) is 2.81. The lowest BCUT2D eigenvalue weighted by Crippen LogP contribution is -2.57. The molecule has 0 spiro atoms. The molecule has 1 saturated heterocycles. The predicted molar refractivity (Wildman–Crippen MR) is 59.9 cm³/mol. The maximum atomic E-state index is 11.3. The standard InChI is InChI=1S/C10H15N5O/c1-14-5-6-15(7-8(14)9(11)16)10-12-3-2-4-13-10/h2-4,8H,5-7H2,1H3,(H2,11,16)/t8-/m1/s1. The van der Waals surface area contributed by atoms with Gasteiger partial charge in [-0.05, 0) is 13.1 Å². The normalized spacial score (nSPS) is 22.1. The van der Waals surface area contributed by atoms with E-state index in [2.05, 4.69) is 9.97 Å². The molecule has 2 N–H and O–H groups in total. The summed E-state index contributed by atoms with van der Waals surface area (Å²) in [6, 6.07) is 1.50. The quantitative estimate of drug-likeness (QED) is 0.699. The van der Waals surface area contributed by atoms with Crippen molar-refractivity contribution in [3.63, 3.8) is 0 Å². The Bertz CT molecular complexity index is 369. The number of nitrogens with two attached hydrogens (primary N) is 1. The molecule has 1 fully saturated rings. The van der Waals surface area contributed by atoms with Crippen LogP contribution in [-0.2, 0) is 4.79 Å². The maximum absolute atomic E-state index is 11.3. The number of likely N-dealkylation sites (N-methyl/N-ethyl adjacent to an activating group) is 1. The molecule has 1 aliphatic rings. The van der Waals surface area contributed by atoms with Crippen LogP contribution in [0.15, 0.2) is 18.5 Å². The first-order valence-corrected chi connectivity index (χ1v) is 5.20. The smallest absolute Gasteiger partial charge is 0.236 e. The zero-order valence-corrected chi connectivity index (χ0v) is 9.21. The number of carbonyl (C=O) groups is 1. The van der Waals surface area contributed by atoms with Crippen LogP contribution in [0.1, 0.15) is 0 Å². The molecule has 0 aliphatic carbocycles. The second-order valence-corrected chi connectivity index (χ2v) is 3.89. The van der Waals surface area contributed by atoms with Gasteiger partial charge in [-0.2, -0.15) is 0 Å². The van der Waals surface area contributed by atoms with Crippen molar-refractivity contribution >= 4 is 11.9 Å². The Labute approximate surface area is 94.1 Å². The summed E-state index contributed by atoms with van der Waals surface area (Å²) in [5.74, 6) is 0.352. The first-order valence-electron chi connectivity index (χ1n) is 5.20. The predicted octanol–water partition coefficient (Wildman–Crippen LogP) is -0.918. The second kappa shape index (κ2) is 4.44. The van der Waals surface area contributed by atoms with Gasteiger partial charge in [-0.25, -0.2) is 9.97 Å². The van der Waals surface area contributed by atoms with E-state index in [0.717, 1.165) is 13.1 Å². The minimum Gasteiger partial charge on any atom is -0.368 e. The van der Waals surface area contributed by atoms with Crippen LogP contribution in [0.2, 0.25) is 0 Å². The van der Waals surface area contributed by atoms with Crippen LogP contribution in [0.4, 0.5) is 5.95 Å². The van der Waals surface area contributed by atoms with Crippen molar-refractivity contribution in [2.45, 2.75) is 6.04 Å². The lowest BCUT2D eigenvalue weighted by atomic mass is 10.2. The lowest BCUT2D eigenvalue weighted by molar-refractivity contribution is -0.122. The summed E-state index contributed by atoms with van der Waals surface area (Å²) in [4.78, 5) is 23.5. The summed E-state index contributed by atoms with van der Waals surface area (Å²) in [7, 11) is 1.90. The van der Waals surface area contributed by atoms with E-state index in [1.807, 2.05) is 16.8 Å². The molecule has 1 aromatic heterocycles. The third-order valence-electron chi connectivity index (χ3n) is 2.81. The molecule has 1 amide bonds. The molecule has 2 heterocycles. The molecule has 0 radical (unpaired) electrons. The molecule has 1 aromatic rings. The number of amides is 1. The van der Waals surface area contributed by atoms with E-state index in [9.17, 15) is 4.79 Å². The van der Waals surface area contributed by atoms with Gasteiger partial charge < -0.3 is 10.6 Å². The molecule has 0 bridgehead atoms. The molecule has 2 rings (SSSR count). The van der Waals surface area contributed by atoms with Crippen LogP contribution in [0, 0.1) is 0 Å². The van der Waals surface area contributed by atoms with Gasteiger partial charge in [0.1, 0.15) is 6.04 Å². The molecule has 1 aliphatic heterocycles. The fourth-order valence-electron chi connectivity index (χ4n) is 1.82. The number of aromatic nitrogens is 2. The van der Waals surface area contributed by atoms with E-state index in [-0.39, 0.29) is 11.9 Å². The summed E-state index contributed by atoms with van der Waals surface area (Å²) in [5, 5.41) is 0. The van der Waals surface area contributed by atoms with Crippen molar-refractivity contribution in [1.82, 2.24) is 14.9 Å². The first-order chi connectivity index (χ1) is 7.68. The first kappa shape index (κ1) is 10.8. The van der Waals surface area contributed by atoms with Gasteiger partial charge in [0.25, 0.3) is 0 Å². The number of anilines is 1. The molecule has 0 unspecified atom stereocenters. The average molecular weight is 221 g/mol. The Balaban J connectivity index is 2.12. The van der Waals surface area contributed by atoms with Crippen LogP contribution in [0.25, 0.3) is 0 Å². The van der Waals surface area contributed by atoms with Gasteiger partial charge in [-0.1, -0.05) is 0 Å². The van der Waals surface area contributed by atoms with Crippen molar-refractivity contribution in [2.75, 3.05) is 31.6 Å². The molecule has 16 heavy (non-hydrogen) atoms. The van der Waals surface area contributed by atoms with E-state index < -0.39 is 0 Å². The number of hydrogen-bond acceptors (Lipinski definition) is 5. The van der Waals surface area contributed by atoms with Crippen molar-refractivity contribution in [3.8, 4) is 0 Å². The van der Waals surface area contributed by atoms with Crippen LogP contribution in [0.3, 0.4) is 0 Å². The summed E-state index contributed by atoms with van der Waals surface area (Å²) >= 11 is 0. The van der Waals surface area contributed by atoms with Crippen molar-refractivity contribution in [3.05, 3.63) is 18.5 Å². The zero-order valence-electron chi connectivity index (χ0n) is 9.21. The minimum absolute atomic E-state index is 0.266. The second-order valence-electron chi connectivity index (χ2n) is 3.89. The number of piperazine rings is 1. The summed E-state index contributed by atoms with van der Waals surface area (Å²) in [6.07, 6.45) is 3.39. The fraction of sp³-hybridized carbons (Fsp3) is 0.500. The number of nitrogens with zero attached hydrogens (tertiary/aromatic N) is 4. The number of hydrogen-bond donors (Lipinski definition) is 1. The van der Waals surface area contributed by atoms with Gasteiger partial charge in [0, 0.05) is 32.0 Å². The lowest BCUT2D eigenvalue weighted by Gasteiger charge is -2.37. The minimum atomic E-state index is -0.303. The highest BCUT2D eigenvalue weighted by Crippen LogP contribution is 2.12. The van der Waals surface area contributed by atoms with Crippen LogP contribution < -0.4 is 10.6 Å². The Morgan fingerprint density at radius 3 is 2.75 bits per heavy atom. The Kier molecular flexibility index (Phi) is 3.00. The third kappa shape index (κ3) is 2.11. The van der Waals surface area contributed by atoms with Crippen molar-refractivity contribution in [1.29, 1.82) is 0 Å². The van der Waals surface area contributed by atoms with Crippen molar-refractivity contribution in [2.24, 2.45) is 5.73 Å². The fourth-order valence-corrected chi connectivity index (χ4v) is 1.82. The summed E-state index contributed by atoms with van der Waals surface area (Å²) in [5.41, 5.74) is 5.35. The number of primary amides is 1. The van der Waals surface area contributed by atoms with Gasteiger partial charge >= 0.3 is 0 Å². The largest absolute Gasteiger partial charge is 0.368 e. The van der Waals surface area contributed by atoms with Gasteiger partial charge in [-0.3, -0.25) is 9.69 Å². The highest BCUT2D eigenvalue weighted by Gasteiger charge is 2.29. The molecular formula is C10H15N5O. The van der Waals surface area contributed by atoms with Gasteiger partial charge in [-0.15, -0.1) is 0 Å². The number of rotatable bonds is 2. The molecule has 1 atom stereocenters. The molecule has 6 heteroatoms. The van der Waals surface area contributed by atoms with E-state index in [1.54, 1.807) is 18.5 Å². The van der Waals surface area contributed by atoms with Gasteiger partial charge in [0.2, 0.25) is 11.9 Å². The van der Waals surface area contributed by atoms with Gasteiger partial charge in [0.05, 0.1) is 0 Å². The molecule has 86 valence electrons. The molecular weight excluding hydrogens is 206 g/mol. The van der Waals surface area contributed by atoms with E-state index >= 15 is 0 Å². The summed E-state index contributed by atoms with van der Waals surface area (Å²) in [6.45, 7) is 2.14. The highest BCUT2D eigenvalue weighted by molar-refractivity contribution is 5.80. The zero-order chi connectivity index (χ0) is 11.5.